The van der Waals surface area contributed by atoms with Crippen LogP contribution >= 0.6 is 0 Å². The number of nitrogens with one attached hydrogen (secondary N) is 1. The molecule has 0 amide bonds. The van der Waals surface area contributed by atoms with Crippen molar-refractivity contribution in [2.75, 3.05) is 0 Å². The van der Waals surface area contributed by atoms with Gasteiger partial charge in [-0.05, 0) is 24.8 Å². The summed E-state index contributed by atoms with van der Waals surface area (Å²) in [5, 5.41) is 12.2. The minimum atomic E-state index is -5.08. The van der Waals surface area contributed by atoms with Gasteiger partial charge < -0.3 is 10.1 Å². The number of aromatic amines is 1. The maximum Gasteiger partial charge on any atom is 0.490 e. The van der Waals surface area contributed by atoms with Crippen LogP contribution in [-0.2, 0) is 4.79 Å². The third-order valence-electron chi connectivity index (χ3n) is 5.45. The number of hydrogen-bond acceptors (Lipinski definition) is 4. The molecule has 3 aromatic heterocycles. The number of nitrogens with zero attached hydrogens (tertiary/aromatic N) is 4. The number of carboxylic acids is 1. The van der Waals surface area contributed by atoms with Gasteiger partial charge in [0.1, 0.15) is 18.0 Å². The zero-order chi connectivity index (χ0) is 23.3. The van der Waals surface area contributed by atoms with Crippen LogP contribution in [0, 0.1) is 5.92 Å². The molecule has 1 atom stereocenters. The second-order valence-corrected chi connectivity index (χ2v) is 7.60. The van der Waals surface area contributed by atoms with Gasteiger partial charge in [0.05, 0.1) is 11.9 Å². The zero-order valence-electron chi connectivity index (χ0n) is 16.9. The summed E-state index contributed by atoms with van der Waals surface area (Å²) in [5.74, 6) is -2.16. The highest BCUT2D eigenvalue weighted by Gasteiger charge is 2.38. The predicted octanol–water partition coefficient (Wildman–Crippen LogP) is 5.23. The monoisotopic (exact) mass is 459 g/mol. The fourth-order valence-corrected chi connectivity index (χ4v) is 3.82. The van der Waals surface area contributed by atoms with Crippen LogP contribution in [0.4, 0.5) is 22.0 Å². The van der Waals surface area contributed by atoms with E-state index < -0.39 is 24.6 Å². The molecule has 1 aliphatic carbocycles. The van der Waals surface area contributed by atoms with Gasteiger partial charge in [-0.25, -0.2) is 23.5 Å². The quantitative estimate of drug-likeness (QED) is 0.492. The molecule has 0 spiro atoms. The second-order valence-electron chi connectivity index (χ2n) is 7.60. The molecule has 3 heterocycles. The molecule has 0 radical (unpaired) electrons. The van der Waals surface area contributed by atoms with E-state index in [1.807, 2.05) is 6.07 Å². The van der Waals surface area contributed by atoms with Gasteiger partial charge in [0.2, 0.25) is 0 Å². The van der Waals surface area contributed by atoms with Gasteiger partial charge in [0.15, 0.2) is 0 Å². The SMILES string of the molecule is FC(F)C(CCC1CCCC1)n1cc(-c2ncnc3[nH]ccc23)cn1.O=C(O)C(F)(F)F. The number of hydrogen-bond donors (Lipinski definition) is 2. The Morgan fingerprint density at radius 1 is 1.25 bits per heavy atom. The molecule has 7 nitrogen and oxygen atoms in total. The van der Waals surface area contributed by atoms with Crippen LogP contribution in [0.15, 0.2) is 31.0 Å². The lowest BCUT2D eigenvalue weighted by Crippen LogP contribution is -2.21. The number of rotatable bonds is 6. The maximum atomic E-state index is 13.6. The van der Waals surface area contributed by atoms with Gasteiger partial charge in [-0.15, -0.1) is 0 Å². The summed E-state index contributed by atoms with van der Waals surface area (Å²) in [4.78, 5) is 20.4. The average Bonchev–Trinajstić information content (AvgIpc) is 3.49. The van der Waals surface area contributed by atoms with Crippen LogP contribution in [0.25, 0.3) is 22.3 Å². The fraction of sp³-hybridized carbons (Fsp3) is 0.500. The summed E-state index contributed by atoms with van der Waals surface area (Å²) in [6, 6.07) is 1.00. The maximum absolute atomic E-state index is 13.6. The Bertz CT molecular complexity index is 1030. The van der Waals surface area contributed by atoms with E-state index >= 15 is 0 Å². The predicted molar refractivity (Wildman–Crippen MR) is 105 cm³/mol. The summed E-state index contributed by atoms with van der Waals surface area (Å²) in [5.41, 5.74) is 2.17. The smallest absolute Gasteiger partial charge is 0.475 e. The summed E-state index contributed by atoms with van der Waals surface area (Å²) in [6.07, 6.45) is 5.16. The number of carboxylic acid groups (broad SMARTS) is 1. The van der Waals surface area contributed by atoms with Crippen molar-refractivity contribution in [3.63, 3.8) is 0 Å². The van der Waals surface area contributed by atoms with Gasteiger partial charge in [0, 0.05) is 23.3 Å². The number of aliphatic carboxylic acids is 1. The molecule has 174 valence electrons. The van der Waals surface area contributed by atoms with Gasteiger partial charge in [-0.2, -0.15) is 18.3 Å². The molecule has 32 heavy (non-hydrogen) atoms. The minimum absolute atomic E-state index is 0.465. The van der Waals surface area contributed by atoms with E-state index in [0.29, 0.717) is 18.0 Å². The van der Waals surface area contributed by atoms with E-state index in [1.54, 1.807) is 18.6 Å². The highest BCUT2D eigenvalue weighted by atomic mass is 19.4. The van der Waals surface area contributed by atoms with Crippen molar-refractivity contribution in [1.29, 1.82) is 0 Å². The number of alkyl halides is 5. The largest absolute Gasteiger partial charge is 0.490 e. The molecule has 1 fully saturated rings. The summed E-state index contributed by atoms with van der Waals surface area (Å²) in [6.45, 7) is 0. The van der Waals surface area contributed by atoms with Crippen molar-refractivity contribution in [2.45, 2.75) is 57.2 Å². The second kappa shape index (κ2) is 10.0. The molecule has 0 aliphatic heterocycles. The van der Waals surface area contributed by atoms with E-state index in [4.69, 9.17) is 9.90 Å². The van der Waals surface area contributed by atoms with Gasteiger partial charge in [-0.3, -0.25) is 4.68 Å². The fourth-order valence-electron chi connectivity index (χ4n) is 3.82. The van der Waals surface area contributed by atoms with E-state index in [0.717, 1.165) is 23.0 Å². The van der Waals surface area contributed by atoms with E-state index in [2.05, 4.69) is 20.1 Å². The van der Waals surface area contributed by atoms with Crippen LogP contribution in [0.3, 0.4) is 0 Å². The first-order valence-electron chi connectivity index (χ1n) is 10.1. The summed E-state index contributed by atoms with van der Waals surface area (Å²) in [7, 11) is 0. The number of H-pyrrole nitrogens is 1. The number of fused-ring (bicyclic) bond motifs is 1. The highest BCUT2D eigenvalue weighted by Crippen LogP contribution is 2.33. The van der Waals surface area contributed by atoms with Crippen molar-refractivity contribution in [3.8, 4) is 11.3 Å². The lowest BCUT2D eigenvalue weighted by molar-refractivity contribution is -0.192. The number of halogens is 5. The Hall–Kier alpha value is -3.05. The molecular weight excluding hydrogens is 437 g/mol. The Balaban J connectivity index is 0.000000360. The highest BCUT2D eigenvalue weighted by molar-refractivity contribution is 5.89. The van der Waals surface area contributed by atoms with Crippen molar-refractivity contribution in [3.05, 3.63) is 31.0 Å². The molecule has 1 unspecified atom stereocenters. The third kappa shape index (κ3) is 5.80. The normalized spacial score (nSPS) is 15.7. The van der Waals surface area contributed by atoms with Crippen molar-refractivity contribution >= 4 is 17.0 Å². The van der Waals surface area contributed by atoms with E-state index in [9.17, 15) is 22.0 Å². The molecular formula is C20H22F5N5O2. The molecule has 2 N–H and O–H groups in total. The zero-order valence-corrected chi connectivity index (χ0v) is 16.9. The number of carbonyl (C=O) groups is 1. The van der Waals surface area contributed by atoms with E-state index in [-0.39, 0.29) is 0 Å². The van der Waals surface area contributed by atoms with Crippen molar-refractivity contribution in [2.24, 2.45) is 5.92 Å². The molecule has 0 bridgehead atoms. The van der Waals surface area contributed by atoms with E-state index in [1.165, 1.54) is 36.7 Å². The number of aromatic nitrogens is 5. The summed E-state index contributed by atoms with van der Waals surface area (Å²) >= 11 is 0. The molecule has 12 heteroatoms. The van der Waals surface area contributed by atoms with Crippen molar-refractivity contribution < 1.29 is 31.9 Å². The van der Waals surface area contributed by atoms with Gasteiger partial charge in [-0.1, -0.05) is 25.7 Å². The third-order valence-corrected chi connectivity index (χ3v) is 5.45. The Morgan fingerprint density at radius 3 is 2.56 bits per heavy atom. The lowest BCUT2D eigenvalue weighted by atomic mass is 9.98. The van der Waals surface area contributed by atoms with Crippen LogP contribution in [-0.4, -0.2) is 48.4 Å². The first-order chi connectivity index (χ1) is 15.2. The average molecular weight is 459 g/mol. The standard InChI is InChI=1S/C18H21F2N5.C2HF3O2/c19-17(20)15(6-5-12-3-1-2-4-12)25-10-13(9-24-25)16-14-7-8-21-18(14)23-11-22-16;3-2(4,5)1(6)7/h7-12,15,17H,1-6H2,(H,21,22,23);(H,6,7). The van der Waals surface area contributed by atoms with Crippen LogP contribution in [0.5, 0.6) is 0 Å². The van der Waals surface area contributed by atoms with Crippen LogP contribution < -0.4 is 0 Å². The molecule has 3 aromatic rings. The Morgan fingerprint density at radius 2 is 1.94 bits per heavy atom. The van der Waals surface area contributed by atoms with Crippen LogP contribution in [0.2, 0.25) is 0 Å². The first-order valence-corrected chi connectivity index (χ1v) is 10.1. The minimum Gasteiger partial charge on any atom is -0.475 e. The molecule has 1 aliphatic rings. The Labute approximate surface area is 179 Å². The summed E-state index contributed by atoms with van der Waals surface area (Å²) < 4.78 is 60.3. The molecule has 1 saturated carbocycles. The van der Waals surface area contributed by atoms with Crippen molar-refractivity contribution in [1.82, 2.24) is 24.7 Å². The topological polar surface area (TPSA) is 96.7 Å². The molecule has 0 saturated heterocycles. The first kappa shape index (κ1) is 23.6. The lowest BCUT2D eigenvalue weighted by Gasteiger charge is -2.18. The van der Waals surface area contributed by atoms with Gasteiger partial charge >= 0.3 is 12.1 Å². The van der Waals surface area contributed by atoms with Crippen LogP contribution in [0.1, 0.15) is 44.6 Å². The molecule has 0 aromatic carbocycles. The molecule has 4 rings (SSSR count). The van der Waals surface area contributed by atoms with Gasteiger partial charge in [0.25, 0.3) is 6.43 Å². The Kier molecular flexibility index (Phi) is 7.41.